The van der Waals surface area contributed by atoms with Crippen LogP contribution in [-0.4, -0.2) is 54.4 Å². The molecule has 1 aliphatic heterocycles. The van der Waals surface area contributed by atoms with Gasteiger partial charge in [-0.1, -0.05) is 56.2 Å². The number of unbranched alkanes of at least 4 members (excludes halogenated alkanes) is 2. The van der Waals surface area contributed by atoms with Crippen molar-refractivity contribution in [1.29, 1.82) is 0 Å². The lowest BCUT2D eigenvalue weighted by molar-refractivity contribution is 0.0748. The zero-order valence-electron chi connectivity index (χ0n) is 18.6. The number of fused-ring (bicyclic) bond motifs is 1. The molecule has 0 saturated carbocycles. The third kappa shape index (κ3) is 4.90. The van der Waals surface area contributed by atoms with E-state index in [0.29, 0.717) is 25.3 Å². The van der Waals surface area contributed by atoms with Crippen LogP contribution in [0.5, 0.6) is 0 Å². The number of hydrogen-bond acceptors (Lipinski definition) is 4. The van der Waals surface area contributed by atoms with Gasteiger partial charge >= 0.3 is 0 Å². The van der Waals surface area contributed by atoms with Crippen molar-refractivity contribution in [2.45, 2.75) is 26.2 Å². The Morgan fingerprint density at radius 3 is 2.47 bits per heavy atom. The number of aromatic nitrogens is 1. The van der Waals surface area contributed by atoms with E-state index >= 15 is 0 Å². The van der Waals surface area contributed by atoms with Gasteiger partial charge in [0.2, 0.25) is 0 Å². The number of nitrogens with zero attached hydrogens (tertiary/aromatic N) is 3. The van der Waals surface area contributed by atoms with Crippen molar-refractivity contribution < 1.29 is 9.59 Å². The molecule has 1 saturated heterocycles. The normalized spacial score (nSPS) is 13.9. The SMILES string of the molecule is CCCCCNC(=O)c1ccc(N2CCN(C(=O)c3cccc4ccccc34)CC2)cn1. The zero-order valence-corrected chi connectivity index (χ0v) is 18.6. The maximum Gasteiger partial charge on any atom is 0.269 e. The molecular weight excluding hydrogens is 400 g/mol. The summed E-state index contributed by atoms with van der Waals surface area (Å²) in [5.74, 6) is -0.0483. The zero-order chi connectivity index (χ0) is 22.3. The summed E-state index contributed by atoms with van der Waals surface area (Å²) in [6.45, 7) is 5.61. The van der Waals surface area contributed by atoms with Gasteiger partial charge in [-0.2, -0.15) is 0 Å². The number of nitrogens with one attached hydrogen (secondary N) is 1. The Bertz CT molecular complexity index is 1070. The Balaban J connectivity index is 1.34. The Hall–Kier alpha value is -3.41. The summed E-state index contributed by atoms with van der Waals surface area (Å²) < 4.78 is 0. The molecule has 4 rings (SSSR count). The summed E-state index contributed by atoms with van der Waals surface area (Å²) >= 11 is 0. The van der Waals surface area contributed by atoms with Gasteiger partial charge in [-0.05, 0) is 35.4 Å². The van der Waals surface area contributed by atoms with E-state index in [4.69, 9.17) is 0 Å². The van der Waals surface area contributed by atoms with Crippen LogP contribution in [0.15, 0.2) is 60.8 Å². The van der Waals surface area contributed by atoms with Crippen molar-refractivity contribution in [1.82, 2.24) is 15.2 Å². The van der Waals surface area contributed by atoms with Crippen LogP contribution in [0.3, 0.4) is 0 Å². The third-order valence-corrected chi connectivity index (χ3v) is 6.00. The van der Waals surface area contributed by atoms with E-state index in [0.717, 1.165) is 54.4 Å². The molecular formula is C26H30N4O2. The molecule has 1 aliphatic rings. The summed E-state index contributed by atoms with van der Waals surface area (Å²) in [5, 5.41) is 5.00. The molecule has 0 spiro atoms. The van der Waals surface area contributed by atoms with Crippen LogP contribution in [0, 0.1) is 0 Å². The Kier molecular flexibility index (Phi) is 7.00. The maximum absolute atomic E-state index is 13.2. The second-order valence-corrected chi connectivity index (χ2v) is 8.17. The van der Waals surface area contributed by atoms with E-state index in [9.17, 15) is 9.59 Å². The number of carbonyl (C=O) groups is 2. The van der Waals surface area contributed by atoms with Crippen LogP contribution in [-0.2, 0) is 0 Å². The second kappa shape index (κ2) is 10.3. The highest BCUT2D eigenvalue weighted by Gasteiger charge is 2.23. The smallest absolute Gasteiger partial charge is 0.269 e. The van der Waals surface area contributed by atoms with Crippen molar-refractivity contribution in [2.24, 2.45) is 0 Å². The summed E-state index contributed by atoms with van der Waals surface area (Å²) in [5.41, 5.74) is 2.17. The van der Waals surface area contributed by atoms with Gasteiger partial charge in [-0.15, -0.1) is 0 Å². The van der Waals surface area contributed by atoms with Crippen molar-refractivity contribution in [2.75, 3.05) is 37.6 Å². The first-order valence-electron chi connectivity index (χ1n) is 11.4. The largest absolute Gasteiger partial charge is 0.367 e. The fourth-order valence-corrected chi connectivity index (χ4v) is 4.12. The summed E-state index contributed by atoms with van der Waals surface area (Å²) in [6, 6.07) is 17.6. The highest BCUT2D eigenvalue weighted by atomic mass is 16.2. The van der Waals surface area contributed by atoms with Gasteiger partial charge in [-0.25, -0.2) is 4.98 Å². The van der Waals surface area contributed by atoms with E-state index < -0.39 is 0 Å². The Morgan fingerprint density at radius 1 is 0.938 bits per heavy atom. The minimum atomic E-state index is -0.127. The van der Waals surface area contributed by atoms with Crippen LogP contribution in [0.25, 0.3) is 10.8 Å². The molecule has 0 unspecified atom stereocenters. The lowest BCUT2D eigenvalue weighted by Crippen LogP contribution is -2.48. The highest BCUT2D eigenvalue weighted by Crippen LogP contribution is 2.22. The van der Waals surface area contributed by atoms with Crippen molar-refractivity contribution >= 4 is 28.3 Å². The summed E-state index contributed by atoms with van der Waals surface area (Å²) in [7, 11) is 0. The monoisotopic (exact) mass is 430 g/mol. The molecule has 1 N–H and O–H groups in total. The molecule has 2 amide bonds. The minimum absolute atomic E-state index is 0.0784. The maximum atomic E-state index is 13.2. The Labute approximate surface area is 189 Å². The molecule has 32 heavy (non-hydrogen) atoms. The van der Waals surface area contributed by atoms with Crippen molar-refractivity contribution in [3.63, 3.8) is 0 Å². The number of rotatable bonds is 7. The van der Waals surface area contributed by atoms with Crippen LogP contribution in [0.4, 0.5) is 5.69 Å². The van der Waals surface area contributed by atoms with E-state index in [1.807, 2.05) is 53.4 Å². The first-order chi connectivity index (χ1) is 15.7. The van der Waals surface area contributed by atoms with Crippen molar-refractivity contribution in [3.8, 4) is 0 Å². The fourth-order valence-electron chi connectivity index (χ4n) is 4.12. The van der Waals surface area contributed by atoms with Gasteiger partial charge in [0.1, 0.15) is 5.69 Å². The molecule has 0 aliphatic carbocycles. The molecule has 1 fully saturated rings. The van der Waals surface area contributed by atoms with Crippen LogP contribution in [0.2, 0.25) is 0 Å². The summed E-state index contributed by atoms with van der Waals surface area (Å²) in [6.07, 6.45) is 4.98. The molecule has 6 heteroatoms. The average Bonchev–Trinajstić information content (AvgIpc) is 2.86. The highest BCUT2D eigenvalue weighted by molar-refractivity contribution is 6.07. The van der Waals surface area contributed by atoms with E-state index in [2.05, 4.69) is 22.1 Å². The predicted molar refractivity (Wildman–Crippen MR) is 128 cm³/mol. The van der Waals surface area contributed by atoms with E-state index in [1.54, 1.807) is 12.3 Å². The van der Waals surface area contributed by atoms with Crippen LogP contribution >= 0.6 is 0 Å². The van der Waals surface area contributed by atoms with Gasteiger partial charge in [0.05, 0.1) is 11.9 Å². The van der Waals surface area contributed by atoms with Gasteiger partial charge < -0.3 is 15.1 Å². The fraction of sp³-hybridized carbons (Fsp3) is 0.346. The number of benzene rings is 2. The number of hydrogen-bond donors (Lipinski definition) is 1. The first kappa shape index (κ1) is 21.8. The van der Waals surface area contributed by atoms with Gasteiger partial charge in [0.15, 0.2) is 0 Å². The molecule has 166 valence electrons. The van der Waals surface area contributed by atoms with E-state index in [-0.39, 0.29) is 11.8 Å². The lowest BCUT2D eigenvalue weighted by Gasteiger charge is -2.36. The second-order valence-electron chi connectivity index (χ2n) is 8.17. The van der Waals surface area contributed by atoms with Crippen LogP contribution in [0.1, 0.15) is 47.0 Å². The number of amides is 2. The van der Waals surface area contributed by atoms with Gasteiger partial charge in [0, 0.05) is 38.3 Å². The third-order valence-electron chi connectivity index (χ3n) is 6.00. The quantitative estimate of drug-likeness (QED) is 0.573. The number of piperazine rings is 1. The topological polar surface area (TPSA) is 65.5 Å². The molecule has 6 nitrogen and oxygen atoms in total. The lowest BCUT2D eigenvalue weighted by atomic mass is 10.0. The molecule has 3 aromatic rings. The molecule has 2 heterocycles. The predicted octanol–water partition coefficient (Wildman–Crippen LogP) is 4.12. The van der Waals surface area contributed by atoms with Gasteiger partial charge in [0.25, 0.3) is 11.8 Å². The average molecular weight is 431 g/mol. The number of carbonyl (C=O) groups excluding carboxylic acids is 2. The van der Waals surface area contributed by atoms with E-state index in [1.165, 1.54) is 0 Å². The van der Waals surface area contributed by atoms with Gasteiger partial charge in [-0.3, -0.25) is 9.59 Å². The molecule has 2 aromatic carbocycles. The standard InChI is InChI=1S/C26H30N4O2/c1-2-3-6-14-27-25(31)24-13-12-21(19-28-24)29-15-17-30(18-16-29)26(32)23-11-7-9-20-8-4-5-10-22(20)23/h4-5,7-13,19H,2-3,6,14-18H2,1H3,(H,27,31). The number of pyridine rings is 1. The molecule has 0 atom stereocenters. The first-order valence-corrected chi connectivity index (χ1v) is 11.4. The van der Waals surface area contributed by atoms with Crippen molar-refractivity contribution in [3.05, 3.63) is 72.1 Å². The minimum Gasteiger partial charge on any atom is -0.367 e. The van der Waals surface area contributed by atoms with Crippen LogP contribution < -0.4 is 10.2 Å². The number of anilines is 1. The molecule has 0 radical (unpaired) electrons. The summed E-state index contributed by atoms with van der Waals surface area (Å²) in [4.78, 5) is 33.9. The molecule has 1 aromatic heterocycles. The Morgan fingerprint density at radius 2 is 1.72 bits per heavy atom. The molecule has 0 bridgehead atoms.